The summed E-state index contributed by atoms with van der Waals surface area (Å²) in [5, 5.41) is 9.04. The Hall–Kier alpha value is -2.37. The first-order valence-corrected chi connectivity index (χ1v) is 5.01. The minimum atomic E-state index is -1.29. The molecule has 0 radical (unpaired) electrons. The molecule has 6 nitrogen and oxygen atoms in total. The van der Waals surface area contributed by atoms with Crippen LogP contribution < -0.4 is 4.74 Å². The first-order chi connectivity index (χ1) is 8.36. The van der Waals surface area contributed by atoms with Crippen molar-refractivity contribution in [1.82, 2.24) is 0 Å². The molecule has 0 aliphatic carbocycles. The van der Waals surface area contributed by atoms with E-state index < -0.39 is 17.9 Å². The summed E-state index contributed by atoms with van der Waals surface area (Å²) >= 11 is 0. The minimum absolute atomic E-state index is 0.0925. The van der Waals surface area contributed by atoms with E-state index in [-0.39, 0.29) is 16.9 Å². The van der Waals surface area contributed by atoms with Gasteiger partial charge in [-0.15, -0.1) is 0 Å². The number of methoxy groups -OCH3 is 1. The summed E-state index contributed by atoms with van der Waals surface area (Å²) in [4.78, 5) is 33.6. The summed E-state index contributed by atoms with van der Waals surface area (Å²) < 4.78 is 9.32. The summed E-state index contributed by atoms with van der Waals surface area (Å²) in [5.74, 6) is -3.07. The molecule has 0 fully saturated rings. The highest BCUT2D eigenvalue weighted by Crippen LogP contribution is 2.27. The monoisotopic (exact) mass is 252 g/mol. The topological polar surface area (TPSA) is 89.9 Å². The maximum atomic E-state index is 11.5. The molecule has 0 atom stereocenters. The summed E-state index contributed by atoms with van der Waals surface area (Å²) in [6.07, 6.45) is 0. The van der Waals surface area contributed by atoms with Gasteiger partial charge in [0.15, 0.2) is 5.75 Å². The Morgan fingerprint density at radius 3 is 2.17 bits per heavy atom. The van der Waals surface area contributed by atoms with E-state index in [1.54, 1.807) is 6.92 Å². The lowest BCUT2D eigenvalue weighted by Crippen LogP contribution is -2.13. The fourth-order valence-electron chi connectivity index (χ4n) is 1.45. The molecule has 1 aromatic carbocycles. The van der Waals surface area contributed by atoms with Crippen LogP contribution in [-0.2, 0) is 9.53 Å². The van der Waals surface area contributed by atoms with Crippen LogP contribution in [0.25, 0.3) is 0 Å². The van der Waals surface area contributed by atoms with Gasteiger partial charge in [-0.1, -0.05) is 0 Å². The van der Waals surface area contributed by atoms with Gasteiger partial charge < -0.3 is 14.6 Å². The summed E-state index contributed by atoms with van der Waals surface area (Å²) in [6.45, 7) is 2.74. The van der Waals surface area contributed by atoms with E-state index >= 15 is 0 Å². The van der Waals surface area contributed by atoms with E-state index in [1.165, 1.54) is 12.1 Å². The largest absolute Gasteiger partial charge is 0.478 e. The van der Waals surface area contributed by atoms with Crippen LogP contribution in [-0.4, -0.2) is 30.1 Å². The van der Waals surface area contributed by atoms with E-state index in [1.807, 2.05) is 0 Å². The fraction of sp³-hybridized carbons (Fsp3) is 0.250. The third kappa shape index (κ3) is 2.85. The van der Waals surface area contributed by atoms with Crippen molar-refractivity contribution in [1.29, 1.82) is 0 Å². The predicted octanol–water partition coefficient (Wildman–Crippen LogP) is 1.41. The number of hydrogen-bond acceptors (Lipinski definition) is 5. The molecule has 0 saturated heterocycles. The lowest BCUT2D eigenvalue weighted by molar-refractivity contribution is -0.131. The van der Waals surface area contributed by atoms with Crippen molar-refractivity contribution >= 4 is 17.9 Å². The second kappa shape index (κ2) is 5.31. The van der Waals surface area contributed by atoms with Gasteiger partial charge in [-0.25, -0.2) is 9.59 Å². The maximum absolute atomic E-state index is 11.5. The van der Waals surface area contributed by atoms with Crippen molar-refractivity contribution in [3.63, 3.8) is 0 Å². The molecule has 0 aliphatic heterocycles. The standard InChI is InChI=1S/C12H12O6/c1-6-4-8(11(14)15)10(18-7(2)13)9(5-6)12(16)17-3/h4-5H,1-3H3,(H,14,15). The molecule has 0 aliphatic rings. The molecule has 0 aromatic heterocycles. The molecular formula is C12H12O6. The number of aryl methyl sites for hydroxylation is 1. The van der Waals surface area contributed by atoms with Crippen molar-refractivity contribution in [3.8, 4) is 5.75 Å². The molecule has 0 spiro atoms. The van der Waals surface area contributed by atoms with Gasteiger partial charge in [-0.3, -0.25) is 4.79 Å². The van der Waals surface area contributed by atoms with Gasteiger partial charge >= 0.3 is 17.9 Å². The molecule has 1 rings (SSSR count). The molecular weight excluding hydrogens is 240 g/mol. The van der Waals surface area contributed by atoms with Crippen molar-refractivity contribution in [3.05, 3.63) is 28.8 Å². The molecule has 0 heterocycles. The lowest BCUT2D eigenvalue weighted by Gasteiger charge is -2.11. The van der Waals surface area contributed by atoms with Crippen LogP contribution in [0, 0.1) is 6.92 Å². The van der Waals surface area contributed by atoms with E-state index in [0.29, 0.717) is 5.56 Å². The number of esters is 2. The van der Waals surface area contributed by atoms with Crippen LogP contribution in [0.3, 0.4) is 0 Å². The third-order valence-electron chi connectivity index (χ3n) is 2.11. The number of carboxylic acids is 1. The molecule has 0 amide bonds. The average Bonchev–Trinajstić information content (AvgIpc) is 2.28. The normalized spacial score (nSPS) is 9.72. The average molecular weight is 252 g/mol. The van der Waals surface area contributed by atoms with Crippen molar-refractivity contribution in [2.24, 2.45) is 0 Å². The smallest absolute Gasteiger partial charge is 0.341 e. The molecule has 96 valence electrons. The number of carbonyl (C=O) groups excluding carboxylic acids is 2. The Bertz CT molecular complexity index is 518. The van der Waals surface area contributed by atoms with Crippen molar-refractivity contribution in [2.45, 2.75) is 13.8 Å². The Kier molecular flexibility index (Phi) is 4.04. The summed E-state index contributed by atoms with van der Waals surface area (Å²) in [6, 6.07) is 2.71. The highest BCUT2D eigenvalue weighted by molar-refractivity contribution is 6.00. The molecule has 0 saturated carbocycles. The second-order valence-electron chi connectivity index (χ2n) is 3.58. The van der Waals surface area contributed by atoms with Gasteiger partial charge in [-0.05, 0) is 24.6 Å². The Labute approximate surface area is 103 Å². The van der Waals surface area contributed by atoms with Crippen molar-refractivity contribution < 1.29 is 29.0 Å². The predicted molar refractivity (Wildman–Crippen MR) is 60.8 cm³/mol. The number of aromatic carboxylic acids is 1. The number of benzene rings is 1. The highest BCUT2D eigenvalue weighted by atomic mass is 16.5. The van der Waals surface area contributed by atoms with Crippen LogP contribution in [0.5, 0.6) is 5.75 Å². The van der Waals surface area contributed by atoms with E-state index in [4.69, 9.17) is 9.84 Å². The second-order valence-corrected chi connectivity index (χ2v) is 3.58. The number of hydrogen-bond donors (Lipinski definition) is 1. The third-order valence-corrected chi connectivity index (χ3v) is 2.11. The molecule has 1 N–H and O–H groups in total. The number of carbonyl (C=O) groups is 3. The SMILES string of the molecule is COC(=O)c1cc(C)cc(C(=O)O)c1OC(C)=O. The Morgan fingerprint density at radius 1 is 1.17 bits per heavy atom. The maximum Gasteiger partial charge on any atom is 0.341 e. The highest BCUT2D eigenvalue weighted by Gasteiger charge is 2.23. The van der Waals surface area contributed by atoms with Gasteiger partial charge in [-0.2, -0.15) is 0 Å². The summed E-state index contributed by atoms with van der Waals surface area (Å²) in [5.41, 5.74) is 0.194. The van der Waals surface area contributed by atoms with Crippen LogP contribution in [0.4, 0.5) is 0 Å². The lowest BCUT2D eigenvalue weighted by atomic mass is 10.0. The van der Waals surface area contributed by atoms with Gasteiger partial charge in [0.1, 0.15) is 11.1 Å². The van der Waals surface area contributed by atoms with E-state index in [2.05, 4.69) is 4.74 Å². The number of carboxylic acid groups (broad SMARTS) is 1. The van der Waals surface area contributed by atoms with Crippen LogP contribution in [0.15, 0.2) is 12.1 Å². The fourth-order valence-corrected chi connectivity index (χ4v) is 1.45. The molecule has 18 heavy (non-hydrogen) atoms. The van der Waals surface area contributed by atoms with Crippen molar-refractivity contribution in [2.75, 3.05) is 7.11 Å². The number of ether oxygens (including phenoxy) is 2. The quantitative estimate of drug-likeness (QED) is 0.646. The zero-order valence-corrected chi connectivity index (χ0v) is 10.1. The van der Waals surface area contributed by atoms with Gasteiger partial charge in [0, 0.05) is 6.92 Å². The summed E-state index contributed by atoms with van der Waals surface area (Å²) in [7, 11) is 1.16. The molecule has 6 heteroatoms. The van der Waals surface area contributed by atoms with Gasteiger partial charge in [0.25, 0.3) is 0 Å². The van der Waals surface area contributed by atoms with Crippen LogP contribution >= 0.6 is 0 Å². The van der Waals surface area contributed by atoms with Gasteiger partial charge in [0.05, 0.1) is 7.11 Å². The van der Waals surface area contributed by atoms with Gasteiger partial charge in [0.2, 0.25) is 0 Å². The zero-order valence-electron chi connectivity index (χ0n) is 10.1. The van der Waals surface area contributed by atoms with Crippen LogP contribution in [0.1, 0.15) is 33.2 Å². The first-order valence-electron chi connectivity index (χ1n) is 5.01. The Balaban J connectivity index is 3.51. The first kappa shape index (κ1) is 13.7. The Morgan fingerprint density at radius 2 is 1.72 bits per heavy atom. The van der Waals surface area contributed by atoms with E-state index in [9.17, 15) is 14.4 Å². The minimum Gasteiger partial charge on any atom is -0.478 e. The number of rotatable bonds is 3. The molecule has 0 unspecified atom stereocenters. The van der Waals surface area contributed by atoms with E-state index in [0.717, 1.165) is 14.0 Å². The molecule has 1 aromatic rings. The zero-order chi connectivity index (χ0) is 13.9. The van der Waals surface area contributed by atoms with Crippen LogP contribution in [0.2, 0.25) is 0 Å². The molecule has 0 bridgehead atoms.